The number of ether oxygens (including phenoxy) is 1. The Kier molecular flexibility index (Phi) is 6.16. The summed E-state index contributed by atoms with van der Waals surface area (Å²) in [4.78, 5) is 14.7. The Morgan fingerprint density at radius 3 is 2.79 bits per heavy atom. The minimum atomic E-state index is -0.247. The van der Waals surface area contributed by atoms with Gasteiger partial charge >= 0.3 is 6.03 Å². The highest BCUT2D eigenvalue weighted by atomic mass is 35.5. The minimum Gasteiger partial charge on any atom is -0.379 e. The lowest BCUT2D eigenvalue weighted by Crippen LogP contribution is -2.59. The highest BCUT2D eigenvalue weighted by Gasteiger charge is 2.40. The van der Waals surface area contributed by atoms with E-state index in [9.17, 15) is 4.79 Å². The molecule has 0 aromatic heterocycles. The third-order valence-corrected chi connectivity index (χ3v) is 6.30. The van der Waals surface area contributed by atoms with Gasteiger partial charge in [-0.3, -0.25) is 4.90 Å². The molecular formula is C16H21Cl2N3O2S. The van der Waals surface area contributed by atoms with Gasteiger partial charge in [-0.2, -0.15) is 11.8 Å². The molecule has 8 heteroatoms. The van der Waals surface area contributed by atoms with Gasteiger partial charge in [0.2, 0.25) is 0 Å². The first kappa shape index (κ1) is 18.1. The number of nitrogens with zero attached hydrogens (tertiary/aromatic N) is 1. The Labute approximate surface area is 156 Å². The van der Waals surface area contributed by atoms with Crippen molar-refractivity contribution >= 4 is 46.7 Å². The summed E-state index contributed by atoms with van der Waals surface area (Å²) >= 11 is 13.9. The number of thioether (sulfide) groups is 1. The quantitative estimate of drug-likeness (QED) is 0.828. The van der Waals surface area contributed by atoms with Crippen molar-refractivity contribution in [3.63, 3.8) is 0 Å². The zero-order chi connectivity index (χ0) is 17.0. The fourth-order valence-corrected chi connectivity index (χ4v) is 5.07. The second kappa shape index (κ2) is 8.15. The van der Waals surface area contributed by atoms with Gasteiger partial charge in [0.05, 0.1) is 23.9 Å². The largest absolute Gasteiger partial charge is 0.379 e. The highest BCUT2D eigenvalue weighted by molar-refractivity contribution is 7.99. The molecule has 24 heavy (non-hydrogen) atoms. The van der Waals surface area contributed by atoms with Gasteiger partial charge in [0, 0.05) is 35.9 Å². The summed E-state index contributed by atoms with van der Waals surface area (Å²) < 4.78 is 5.46. The number of hydrogen-bond donors (Lipinski definition) is 2. The van der Waals surface area contributed by atoms with E-state index in [1.54, 1.807) is 18.2 Å². The van der Waals surface area contributed by atoms with E-state index in [0.717, 1.165) is 44.2 Å². The van der Waals surface area contributed by atoms with Crippen LogP contribution < -0.4 is 10.6 Å². The van der Waals surface area contributed by atoms with Gasteiger partial charge < -0.3 is 15.4 Å². The monoisotopic (exact) mass is 389 g/mol. The molecule has 1 unspecified atom stereocenters. The molecule has 0 radical (unpaired) electrons. The standard InChI is InChI=1S/C16H21Cl2N3O2S/c17-12-1-2-14(13(18)9-12)20-15(22)19-10-16(3-8-24-11-16)21-4-6-23-7-5-21/h1-2,9H,3-8,10-11H2,(H2,19,20,22). The maximum absolute atomic E-state index is 12.3. The molecule has 3 rings (SSSR count). The molecule has 0 spiro atoms. The van der Waals surface area contributed by atoms with Crippen LogP contribution in [-0.4, -0.2) is 60.8 Å². The summed E-state index contributed by atoms with van der Waals surface area (Å²) in [6.45, 7) is 3.99. The zero-order valence-corrected chi connectivity index (χ0v) is 15.6. The van der Waals surface area contributed by atoms with Crippen molar-refractivity contribution in [1.29, 1.82) is 0 Å². The lowest BCUT2D eigenvalue weighted by Gasteiger charge is -2.43. The molecule has 2 fully saturated rings. The average Bonchev–Trinajstić information content (AvgIpc) is 3.07. The first-order chi connectivity index (χ1) is 11.6. The van der Waals surface area contributed by atoms with E-state index < -0.39 is 0 Å². The van der Waals surface area contributed by atoms with Gasteiger partial charge in [-0.25, -0.2) is 4.79 Å². The Morgan fingerprint density at radius 2 is 2.12 bits per heavy atom. The molecule has 2 amide bonds. The van der Waals surface area contributed by atoms with E-state index in [1.165, 1.54) is 0 Å². The van der Waals surface area contributed by atoms with Crippen LogP contribution in [0.5, 0.6) is 0 Å². The number of carbonyl (C=O) groups is 1. The normalized spacial score (nSPS) is 24.8. The maximum atomic E-state index is 12.3. The van der Waals surface area contributed by atoms with Crippen LogP contribution >= 0.6 is 35.0 Å². The van der Waals surface area contributed by atoms with Crippen molar-refractivity contribution in [2.24, 2.45) is 0 Å². The molecule has 2 N–H and O–H groups in total. The molecular weight excluding hydrogens is 369 g/mol. The highest BCUT2D eigenvalue weighted by Crippen LogP contribution is 2.33. The van der Waals surface area contributed by atoms with Gasteiger partial charge in [-0.1, -0.05) is 23.2 Å². The topological polar surface area (TPSA) is 53.6 Å². The second-order valence-electron chi connectivity index (χ2n) is 6.06. The van der Waals surface area contributed by atoms with Crippen LogP contribution in [0.25, 0.3) is 0 Å². The van der Waals surface area contributed by atoms with Crippen molar-refractivity contribution in [2.45, 2.75) is 12.0 Å². The van der Waals surface area contributed by atoms with E-state index in [4.69, 9.17) is 27.9 Å². The van der Waals surface area contributed by atoms with E-state index in [1.807, 2.05) is 11.8 Å². The number of rotatable bonds is 4. The molecule has 2 aliphatic rings. The first-order valence-corrected chi connectivity index (χ1v) is 9.91. The van der Waals surface area contributed by atoms with Gasteiger partial charge in [0.15, 0.2) is 0 Å². The lowest BCUT2D eigenvalue weighted by atomic mass is 9.95. The molecule has 0 bridgehead atoms. The second-order valence-corrected chi connectivity index (χ2v) is 8.01. The van der Waals surface area contributed by atoms with E-state index in [-0.39, 0.29) is 11.6 Å². The summed E-state index contributed by atoms with van der Waals surface area (Å²) in [7, 11) is 0. The lowest BCUT2D eigenvalue weighted by molar-refractivity contribution is -0.0123. The fraction of sp³-hybridized carbons (Fsp3) is 0.562. The summed E-state index contributed by atoms with van der Waals surface area (Å²) in [5.41, 5.74) is 0.579. The molecule has 1 atom stereocenters. The summed E-state index contributed by atoms with van der Waals surface area (Å²) in [5, 5.41) is 6.78. The Balaban J connectivity index is 1.59. The summed E-state index contributed by atoms with van der Waals surface area (Å²) in [6, 6.07) is 4.77. The zero-order valence-electron chi connectivity index (χ0n) is 13.3. The number of halogens is 2. The molecule has 2 heterocycles. The molecule has 5 nitrogen and oxygen atoms in total. The van der Waals surface area contributed by atoms with E-state index in [0.29, 0.717) is 22.3 Å². The number of hydrogen-bond acceptors (Lipinski definition) is 4. The number of benzene rings is 1. The SMILES string of the molecule is O=C(NCC1(N2CCOCC2)CCSC1)Nc1ccc(Cl)cc1Cl. The van der Waals surface area contributed by atoms with Gasteiger partial charge in [0.1, 0.15) is 0 Å². The summed E-state index contributed by atoms with van der Waals surface area (Å²) in [5.74, 6) is 2.17. The molecule has 0 aliphatic carbocycles. The first-order valence-electron chi connectivity index (χ1n) is 8.00. The van der Waals surface area contributed by atoms with Crippen LogP contribution in [-0.2, 0) is 4.74 Å². The molecule has 2 aliphatic heterocycles. The van der Waals surface area contributed by atoms with Crippen LogP contribution in [0.2, 0.25) is 10.0 Å². The number of anilines is 1. The van der Waals surface area contributed by atoms with Crippen molar-refractivity contribution in [2.75, 3.05) is 49.7 Å². The Morgan fingerprint density at radius 1 is 1.33 bits per heavy atom. The molecule has 132 valence electrons. The average molecular weight is 390 g/mol. The summed E-state index contributed by atoms with van der Waals surface area (Å²) in [6.07, 6.45) is 1.08. The van der Waals surface area contributed by atoms with Crippen molar-refractivity contribution in [1.82, 2.24) is 10.2 Å². The van der Waals surface area contributed by atoms with Crippen LogP contribution in [0, 0.1) is 0 Å². The minimum absolute atomic E-state index is 0.0234. The number of urea groups is 1. The molecule has 0 saturated carbocycles. The number of carbonyl (C=O) groups excluding carboxylic acids is 1. The van der Waals surface area contributed by atoms with Gasteiger partial charge in [0.25, 0.3) is 0 Å². The Bertz CT molecular complexity index is 591. The van der Waals surface area contributed by atoms with Crippen molar-refractivity contribution in [3.8, 4) is 0 Å². The smallest absolute Gasteiger partial charge is 0.319 e. The van der Waals surface area contributed by atoms with Crippen molar-refractivity contribution in [3.05, 3.63) is 28.2 Å². The van der Waals surface area contributed by atoms with Gasteiger partial charge in [-0.05, 0) is 30.4 Å². The number of morpholine rings is 1. The maximum Gasteiger partial charge on any atom is 0.319 e. The predicted molar refractivity (Wildman–Crippen MR) is 101 cm³/mol. The molecule has 1 aromatic rings. The van der Waals surface area contributed by atoms with E-state index in [2.05, 4.69) is 15.5 Å². The van der Waals surface area contributed by atoms with Crippen LogP contribution in [0.15, 0.2) is 18.2 Å². The third kappa shape index (κ3) is 4.29. The number of amides is 2. The predicted octanol–water partition coefficient (Wildman–Crippen LogP) is 3.32. The van der Waals surface area contributed by atoms with Crippen LogP contribution in [0.1, 0.15) is 6.42 Å². The number of nitrogens with one attached hydrogen (secondary N) is 2. The molecule has 1 aromatic carbocycles. The Hall–Kier alpha value is -0.660. The van der Waals surface area contributed by atoms with Gasteiger partial charge in [-0.15, -0.1) is 0 Å². The van der Waals surface area contributed by atoms with Crippen molar-refractivity contribution < 1.29 is 9.53 Å². The van der Waals surface area contributed by atoms with Crippen LogP contribution in [0.3, 0.4) is 0 Å². The van der Waals surface area contributed by atoms with E-state index >= 15 is 0 Å². The van der Waals surface area contributed by atoms with Crippen LogP contribution in [0.4, 0.5) is 10.5 Å². The fourth-order valence-electron chi connectivity index (χ4n) is 3.14. The molecule has 2 saturated heterocycles. The third-order valence-electron chi connectivity index (χ3n) is 4.52.